The Balaban J connectivity index is 1.34. The van der Waals surface area contributed by atoms with E-state index in [1.54, 1.807) is 30.3 Å². The van der Waals surface area contributed by atoms with E-state index < -0.39 is 10.0 Å². The Morgan fingerprint density at radius 3 is 2.39 bits per heavy atom. The SMILES string of the molecule is Cc1ccc(S(=O)(=O)N2CCN(CC(=O)Nc3ccc4[nH]c(=O)[nH]c4c3)CC2)cc1C. The first kappa shape index (κ1) is 21.3. The van der Waals surface area contributed by atoms with Crippen LogP contribution in [-0.4, -0.2) is 66.2 Å². The van der Waals surface area contributed by atoms with Gasteiger partial charge in [-0.25, -0.2) is 13.2 Å². The number of H-pyrrole nitrogens is 2. The quantitative estimate of drug-likeness (QED) is 0.551. The number of piperazine rings is 1. The van der Waals surface area contributed by atoms with Crippen LogP contribution in [0.4, 0.5) is 5.69 Å². The van der Waals surface area contributed by atoms with Crippen LogP contribution in [0.3, 0.4) is 0 Å². The highest BCUT2D eigenvalue weighted by atomic mass is 32.2. The zero-order chi connectivity index (χ0) is 22.2. The molecule has 9 nitrogen and oxygen atoms in total. The highest BCUT2D eigenvalue weighted by Crippen LogP contribution is 2.20. The van der Waals surface area contributed by atoms with Crippen LogP contribution >= 0.6 is 0 Å². The Hall–Kier alpha value is -2.95. The molecule has 1 fully saturated rings. The van der Waals surface area contributed by atoms with E-state index in [9.17, 15) is 18.0 Å². The van der Waals surface area contributed by atoms with Crippen LogP contribution in [-0.2, 0) is 14.8 Å². The van der Waals surface area contributed by atoms with Gasteiger partial charge < -0.3 is 15.3 Å². The van der Waals surface area contributed by atoms with Crippen molar-refractivity contribution in [2.45, 2.75) is 18.7 Å². The average Bonchev–Trinajstić information content (AvgIpc) is 3.09. The van der Waals surface area contributed by atoms with E-state index in [1.165, 1.54) is 4.31 Å². The molecule has 0 atom stereocenters. The van der Waals surface area contributed by atoms with E-state index in [0.717, 1.165) is 11.1 Å². The summed E-state index contributed by atoms with van der Waals surface area (Å²) in [6.07, 6.45) is 0. The largest absolute Gasteiger partial charge is 0.325 e. The number of sulfonamides is 1. The van der Waals surface area contributed by atoms with Crippen molar-refractivity contribution in [2.24, 2.45) is 0 Å². The molecule has 2 aromatic carbocycles. The first-order valence-electron chi connectivity index (χ1n) is 10.0. The second kappa shape index (κ2) is 8.29. The minimum Gasteiger partial charge on any atom is -0.325 e. The molecular formula is C21H25N5O4S. The second-order valence-corrected chi connectivity index (χ2v) is 9.75. The van der Waals surface area contributed by atoms with Gasteiger partial charge in [-0.15, -0.1) is 0 Å². The third kappa shape index (κ3) is 4.55. The first-order chi connectivity index (χ1) is 14.7. The van der Waals surface area contributed by atoms with E-state index in [1.807, 2.05) is 24.8 Å². The monoisotopic (exact) mass is 443 g/mol. The molecule has 0 radical (unpaired) electrons. The Kier molecular flexibility index (Phi) is 5.69. The smallest absolute Gasteiger partial charge is 0.323 e. The molecule has 0 aliphatic carbocycles. The molecule has 0 saturated carbocycles. The highest BCUT2D eigenvalue weighted by molar-refractivity contribution is 7.89. The summed E-state index contributed by atoms with van der Waals surface area (Å²) in [5.74, 6) is -0.192. The lowest BCUT2D eigenvalue weighted by Crippen LogP contribution is -2.50. The van der Waals surface area contributed by atoms with Crippen LogP contribution in [0.2, 0.25) is 0 Å². The summed E-state index contributed by atoms with van der Waals surface area (Å²) in [5.41, 5.74) is 3.57. The van der Waals surface area contributed by atoms with E-state index in [-0.39, 0.29) is 18.1 Å². The Morgan fingerprint density at radius 1 is 0.968 bits per heavy atom. The predicted octanol–water partition coefficient (Wildman–Crippen LogP) is 1.42. The number of benzene rings is 2. The number of carbonyl (C=O) groups is 1. The lowest BCUT2D eigenvalue weighted by Gasteiger charge is -2.33. The Morgan fingerprint density at radius 2 is 1.68 bits per heavy atom. The summed E-state index contributed by atoms with van der Waals surface area (Å²) < 4.78 is 27.3. The van der Waals surface area contributed by atoms with E-state index >= 15 is 0 Å². The minimum atomic E-state index is -3.55. The van der Waals surface area contributed by atoms with Crippen molar-refractivity contribution in [2.75, 3.05) is 38.0 Å². The molecule has 1 saturated heterocycles. The van der Waals surface area contributed by atoms with Crippen molar-refractivity contribution >= 4 is 32.7 Å². The number of nitrogens with one attached hydrogen (secondary N) is 3. The topological polar surface area (TPSA) is 118 Å². The number of aromatic amines is 2. The second-order valence-electron chi connectivity index (χ2n) is 7.81. The van der Waals surface area contributed by atoms with Gasteiger partial charge in [-0.05, 0) is 55.3 Å². The molecule has 31 heavy (non-hydrogen) atoms. The fourth-order valence-electron chi connectivity index (χ4n) is 3.67. The summed E-state index contributed by atoms with van der Waals surface area (Å²) in [4.78, 5) is 31.3. The number of fused-ring (bicyclic) bond motifs is 1. The van der Waals surface area contributed by atoms with E-state index in [2.05, 4.69) is 15.3 Å². The number of anilines is 1. The van der Waals surface area contributed by atoms with Crippen molar-refractivity contribution in [3.8, 4) is 0 Å². The average molecular weight is 444 g/mol. The summed E-state index contributed by atoms with van der Waals surface area (Å²) in [6, 6.07) is 10.3. The number of aromatic nitrogens is 2. The molecule has 1 aromatic heterocycles. The molecule has 4 rings (SSSR count). The Bertz CT molecular complexity index is 1290. The number of imidazole rings is 1. The third-order valence-corrected chi connectivity index (χ3v) is 7.51. The number of carbonyl (C=O) groups excluding carboxylic acids is 1. The maximum absolute atomic E-state index is 12.9. The number of hydrogen-bond donors (Lipinski definition) is 3. The number of aryl methyl sites for hydroxylation is 2. The zero-order valence-electron chi connectivity index (χ0n) is 17.4. The lowest BCUT2D eigenvalue weighted by molar-refractivity contribution is -0.117. The normalized spacial score (nSPS) is 15.9. The molecular weight excluding hydrogens is 418 g/mol. The molecule has 1 amide bonds. The predicted molar refractivity (Wildman–Crippen MR) is 119 cm³/mol. The Labute approximate surface area is 180 Å². The van der Waals surface area contributed by atoms with Crippen molar-refractivity contribution in [3.63, 3.8) is 0 Å². The molecule has 2 heterocycles. The van der Waals surface area contributed by atoms with Crippen LogP contribution < -0.4 is 11.0 Å². The van der Waals surface area contributed by atoms with Gasteiger partial charge in [0.15, 0.2) is 0 Å². The summed E-state index contributed by atoms with van der Waals surface area (Å²) in [5, 5.41) is 2.82. The maximum Gasteiger partial charge on any atom is 0.323 e. The molecule has 0 unspecified atom stereocenters. The van der Waals surface area contributed by atoms with Gasteiger partial charge in [0.05, 0.1) is 22.5 Å². The van der Waals surface area contributed by atoms with E-state index in [0.29, 0.717) is 47.8 Å². The summed E-state index contributed by atoms with van der Waals surface area (Å²) >= 11 is 0. The number of amides is 1. The van der Waals surface area contributed by atoms with Crippen LogP contribution in [0.1, 0.15) is 11.1 Å². The van der Waals surface area contributed by atoms with Crippen LogP contribution in [0.25, 0.3) is 11.0 Å². The number of hydrogen-bond acceptors (Lipinski definition) is 5. The summed E-state index contributed by atoms with van der Waals surface area (Å²) in [7, 11) is -3.55. The fourth-order valence-corrected chi connectivity index (χ4v) is 5.17. The van der Waals surface area contributed by atoms with Gasteiger partial charge in [0.2, 0.25) is 15.9 Å². The van der Waals surface area contributed by atoms with Crippen LogP contribution in [0.15, 0.2) is 46.1 Å². The van der Waals surface area contributed by atoms with Crippen molar-refractivity contribution in [3.05, 3.63) is 58.0 Å². The summed E-state index contributed by atoms with van der Waals surface area (Å²) in [6.45, 7) is 5.63. The molecule has 1 aliphatic heterocycles. The molecule has 3 aromatic rings. The van der Waals surface area contributed by atoms with Gasteiger partial charge in [-0.2, -0.15) is 4.31 Å². The van der Waals surface area contributed by atoms with E-state index in [4.69, 9.17) is 0 Å². The maximum atomic E-state index is 12.9. The minimum absolute atomic E-state index is 0.166. The van der Waals surface area contributed by atoms with Gasteiger partial charge in [-0.3, -0.25) is 9.69 Å². The molecule has 164 valence electrons. The van der Waals surface area contributed by atoms with Gasteiger partial charge in [0.1, 0.15) is 0 Å². The van der Waals surface area contributed by atoms with Crippen LogP contribution in [0.5, 0.6) is 0 Å². The standard InChI is InChI=1S/C21H25N5O4S/c1-14-3-5-17(11-15(14)2)31(29,30)26-9-7-25(8-10-26)13-20(27)22-16-4-6-18-19(12-16)24-21(28)23-18/h3-6,11-12H,7-10,13H2,1-2H3,(H,22,27)(H2,23,24,28). The van der Waals surface area contributed by atoms with Gasteiger partial charge in [0, 0.05) is 31.9 Å². The molecule has 0 bridgehead atoms. The van der Waals surface area contributed by atoms with Crippen LogP contribution in [0, 0.1) is 13.8 Å². The third-order valence-electron chi connectivity index (χ3n) is 5.61. The first-order valence-corrected chi connectivity index (χ1v) is 11.5. The van der Waals surface area contributed by atoms with Gasteiger partial charge >= 0.3 is 5.69 Å². The highest BCUT2D eigenvalue weighted by Gasteiger charge is 2.29. The fraction of sp³-hybridized carbons (Fsp3) is 0.333. The zero-order valence-corrected chi connectivity index (χ0v) is 18.3. The van der Waals surface area contributed by atoms with Crippen molar-refractivity contribution in [1.29, 1.82) is 0 Å². The molecule has 3 N–H and O–H groups in total. The molecule has 1 aliphatic rings. The van der Waals surface area contributed by atoms with Gasteiger partial charge in [-0.1, -0.05) is 6.07 Å². The number of nitrogens with zero attached hydrogens (tertiary/aromatic N) is 2. The van der Waals surface area contributed by atoms with Crippen molar-refractivity contribution in [1.82, 2.24) is 19.2 Å². The molecule has 10 heteroatoms. The molecule has 0 spiro atoms. The van der Waals surface area contributed by atoms with Crippen molar-refractivity contribution < 1.29 is 13.2 Å². The lowest BCUT2D eigenvalue weighted by atomic mass is 10.1. The number of rotatable bonds is 5. The van der Waals surface area contributed by atoms with Gasteiger partial charge in [0.25, 0.3) is 0 Å².